The van der Waals surface area contributed by atoms with E-state index in [0.717, 1.165) is 0 Å². The Kier molecular flexibility index (Phi) is 2.18. The van der Waals surface area contributed by atoms with Gasteiger partial charge in [0.25, 0.3) is 0 Å². The lowest BCUT2D eigenvalue weighted by atomic mass is 9.93. The van der Waals surface area contributed by atoms with E-state index in [0.29, 0.717) is 19.8 Å². The third kappa shape index (κ3) is 1.71. The number of nitrogens with zero attached hydrogens (tertiary/aromatic N) is 1. The van der Waals surface area contributed by atoms with Gasteiger partial charge in [-0.25, -0.2) is 0 Å². The number of carbonyl (C=O) groups excluding carboxylic acids is 1. The van der Waals surface area contributed by atoms with E-state index >= 15 is 0 Å². The highest BCUT2D eigenvalue weighted by Gasteiger charge is 2.32. The van der Waals surface area contributed by atoms with Gasteiger partial charge in [-0.2, -0.15) is 0 Å². The molecule has 0 bridgehead atoms. The van der Waals surface area contributed by atoms with Crippen molar-refractivity contribution in [1.82, 2.24) is 4.90 Å². The molecule has 1 rings (SSSR count). The molecule has 3 nitrogen and oxygen atoms in total. The van der Waals surface area contributed by atoms with Crippen LogP contribution in [0.15, 0.2) is 0 Å². The van der Waals surface area contributed by atoms with Crippen molar-refractivity contribution in [2.75, 3.05) is 26.8 Å². The Bertz CT molecular complexity index is 165. The van der Waals surface area contributed by atoms with Crippen molar-refractivity contribution in [3.05, 3.63) is 0 Å². The molecule has 11 heavy (non-hydrogen) atoms. The Labute approximate surface area is 67.3 Å². The Balaban J connectivity index is 2.73. The summed E-state index contributed by atoms with van der Waals surface area (Å²) in [6.07, 6.45) is 0. The zero-order valence-electron chi connectivity index (χ0n) is 7.39. The standard InChI is InChI=1S/C8H15NO2/c1-8(2)6-11-5-4-9(3)7(8)10/h4-6H2,1-3H3. The number of ether oxygens (including phenoxy) is 1. The second-order valence-electron chi connectivity index (χ2n) is 3.66. The van der Waals surface area contributed by atoms with Gasteiger partial charge in [0, 0.05) is 13.6 Å². The fourth-order valence-electron chi connectivity index (χ4n) is 1.21. The molecule has 0 atom stereocenters. The van der Waals surface area contributed by atoms with Crippen LogP contribution in [0.4, 0.5) is 0 Å². The van der Waals surface area contributed by atoms with Gasteiger partial charge in [0.05, 0.1) is 18.6 Å². The van der Waals surface area contributed by atoms with Gasteiger partial charge in [-0.15, -0.1) is 0 Å². The van der Waals surface area contributed by atoms with Gasteiger partial charge in [0.15, 0.2) is 0 Å². The fourth-order valence-corrected chi connectivity index (χ4v) is 1.21. The summed E-state index contributed by atoms with van der Waals surface area (Å²) in [6, 6.07) is 0. The number of hydrogen-bond acceptors (Lipinski definition) is 2. The molecule has 64 valence electrons. The summed E-state index contributed by atoms with van der Waals surface area (Å²) in [6.45, 7) is 5.73. The van der Waals surface area contributed by atoms with Crippen molar-refractivity contribution in [1.29, 1.82) is 0 Å². The molecular formula is C8H15NO2. The van der Waals surface area contributed by atoms with Gasteiger partial charge in [-0.05, 0) is 13.8 Å². The second kappa shape index (κ2) is 2.81. The summed E-state index contributed by atoms with van der Waals surface area (Å²) in [4.78, 5) is 13.2. The van der Waals surface area contributed by atoms with E-state index in [4.69, 9.17) is 4.74 Å². The molecule has 0 unspecified atom stereocenters. The Morgan fingerprint density at radius 2 is 2.18 bits per heavy atom. The lowest BCUT2D eigenvalue weighted by molar-refractivity contribution is -0.138. The van der Waals surface area contributed by atoms with Gasteiger partial charge in [0.1, 0.15) is 0 Å². The fraction of sp³-hybridized carbons (Fsp3) is 0.875. The first-order chi connectivity index (χ1) is 5.04. The molecule has 0 aromatic carbocycles. The van der Waals surface area contributed by atoms with Crippen molar-refractivity contribution in [3.63, 3.8) is 0 Å². The number of rotatable bonds is 0. The Morgan fingerprint density at radius 1 is 1.55 bits per heavy atom. The highest BCUT2D eigenvalue weighted by Crippen LogP contribution is 2.20. The zero-order valence-corrected chi connectivity index (χ0v) is 7.39. The van der Waals surface area contributed by atoms with Crippen molar-refractivity contribution in [2.45, 2.75) is 13.8 Å². The van der Waals surface area contributed by atoms with Crippen molar-refractivity contribution in [3.8, 4) is 0 Å². The van der Waals surface area contributed by atoms with Crippen LogP contribution >= 0.6 is 0 Å². The van der Waals surface area contributed by atoms with Crippen LogP contribution in [-0.4, -0.2) is 37.6 Å². The normalized spacial score (nSPS) is 25.0. The third-order valence-corrected chi connectivity index (χ3v) is 1.96. The molecule has 0 aromatic heterocycles. The molecule has 1 aliphatic rings. The molecule has 1 aliphatic heterocycles. The van der Waals surface area contributed by atoms with E-state index in [-0.39, 0.29) is 11.3 Å². The molecule has 0 radical (unpaired) electrons. The van der Waals surface area contributed by atoms with Crippen molar-refractivity contribution >= 4 is 5.91 Å². The van der Waals surface area contributed by atoms with Gasteiger partial charge in [-0.3, -0.25) is 4.79 Å². The quantitative estimate of drug-likeness (QED) is 0.512. The van der Waals surface area contributed by atoms with Gasteiger partial charge < -0.3 is 9.64 Å². The van der Waals surface area contributed by atoms with Crippen LogP contribution in [0.25, 0.3) is 0 Å². The Morgan fingerprint density at radius 3 is 2.82 bits per heavy atom. The minimum absolute atomic E-state index is 0.176. The van der Waals surface area contributed by atoms with Crippen LogP contribution in [0.1, 0.15) is 13.8 Å². The highest BCUT2D eigenvalue weighted by molar-refractivity contribution is 5.82. The summed E-state index contributed by atoms with van der Waals surface area (Å²) < 4.78 is 5.29. The van der Waals surface area contributed by atoms with E-state index in [1.165, 1.54) is 0 Å². The smallest absolute Gasteiger partial charge is 0.230 e. The molecule has 0 N–H and O–H groups in total. The summed E-state index contributed by atoms with van der Waals surface area (Å²) >= 11 is 0. The zero-order chi connectivity index (χ0) is 8.48. The molecule has 1 amide bonds. The van der Waals surface area contributed by atoms with E-state index < -0.39 is 0 Å². The number of likely N-dealkylation sites (N-methyl/N-ethyl adjacent to an activating group) is 1. The Hall–Kier alpha value is -0.570. The summed E-state index contributed by atoms with van der Waals surface area (Å²) in [5.74, 6) is 0.176. The molecule has 0 aromatic rings. The minimum Gasteiger partial charge on any atom is -0.379 e. The first-order valence-electron chi connectivity index (χ1n) is 3.87. The molecule has 0 aliphatic carbocycles. The number of hydrogen-bond donors (Lipinski definition) is 0. The third-order valence-electron chi connectivity index (χ3n) is 1.96. The monoisotopic (exact) mass is 157 g/mol. The largest absolute Gasteiger partial charge is 0.379 e. The van der Waals surface area contributed by atoms with E-state index in [1.807, 2.05) is 20.9 Å². The number of amides is 1. The average molecular weight is 157 g/mol. The van der Waals surface area contributed by atoms with Crippen LogP contribution in [0.2, 0.25) is 0 Å². The maximum atomic E-state index is 11.5. The van der Waals surface area contributed by atoms with Crippen LogP contribution in [0.5, 0.6) is 0 Å². The summed E-state index contributed by atoms with van der Waals surface area (Å²) in [5.41, 5.74) is -0.342. The molecule has 1 fully saturated rings. The molecule has 3 heteroatoms. The van der Waals surface area contributed by atoms with Gasteiger partial charge >= 0.3 is 0 Å². The number of carbonyl (C=O) groups is 1. The first-order valence-corrected chi connectivity index (χ1v) is 3.87. The minimum atomic E-state index is -0.342. The van der Waals surface area contributed by atoms with Crippen molar-refractivity contribution < 1.29 is 9.53 Å². The maximum Gasteiger partial charge on any atom is 0.230 e. The van der Waals surface area contributed by atoms with E-state index in [9.17, 15) is 4.79 Å². The molecule has 1 heterocycles. The second-order valence-corrected chi connectivity index (χ2v) is 3.66. The first kappa shape index (κ1) is 8.53. The molecule has 0 saturated carbocycles. The van der Waals surface area contributed by atoms with Crippen molar-refractivity contribution in [2.24, 2.45) is 5.41 Å². The molecule has 0 spiro atoms. The lowest BCUT2D eigenvalue weighted by Crippen LogP contribution is -2.38. The molecule has 1 saturated heterocycles. The summed E-state index contributed by atoms with van der Waals surface area (Å²) in [5, 5.41) is 0. The van der Waals surface area contributed by atoms with Crippen LogP contribution in [0, 0.1) is 5.41 Å². The predicted molar refractivity (Wildman–Crippen MR) is 42.2 cm³/mol. The van der Waals surface area contributed by atoms with Crippen LogP contribution < -0.4 is 0 Å². The average Bonchev–Trinajstić information content (AvgIpc) is 2.03. The highest BCUT2D eigenvalue weighted by atomic mass is 16.5. The summed E-state index contributed by atoms with van der Waals surface area (Å²) in [7, 11) is 1.82. The molecular weight excluding hydrogens is 142 g/mol. The SMILES string of the molecule is CN1CCOCC(C)(C)C1=O. The van der Waals surface area contributed by atoms with Gasteiger partial charge in [-0.1, -0.05) is 0 Å². The van der Waals surface area contributed by atoms with Crippen LogP contribution in [-0.2, 0) is 9.53 Å². The maximum absolute atomic E-state index is 11.5. The van der Waals surface area contributed by atoms with E-state index in [2.05, 4.69) is 0 Å². The lowest BCUT2D eigenvalue weighted by Gasteiger charge is -2.24. The predicted octanol–water partition coefficient (Wildman–Crippen LogP) is 0.501. The van der Waals surface area contributed by atoms with Crippen LogP contribution in [0.3, 0.4) is 0 Å². The topological polar surface area (TPSA) is 29.5 Å². The van der Waals surface area contributed by atoms with E-state index in [1.54, 1.807) is 4.90 Å². The van der Waals surface area contributed by atoms with Gasteiger partial charge in [0.2, 0.25) is 5.91 Å².